The van der Waals surface area contributed by atoms with Crippen LogP contribution in [0, 0.1) is 17.7 Å². The van der Waals surface area contributed by atoms with Crippen molar-refractivity contribution in [3.05, 3.63) is 35.6 Å². The van der Waals surface area contributed by atoms with Gasteiger partial charge in [-0.2, -0.15) is 0 Å². The number of likely N-dealkylation sites (tertiary alicyclic amines) is 1. The van der Waals surface area contributed by atoms with E-state index in [1.165, 1.54) is 12.1 Å². The van der Waals surface area contributed by atoms with E-state index in [1.54, 1.807) is 12.1 Å². The molecule has 0 bridgehead atoms. The number of halogens is 1. The maximum absolute atomic E-state index is 13.2. The van der Waals surface area contributed by atoms with Crippen LogP contribution in [0.1, 0.15) is 57.1 Å². The second-order valence-electron chi connectivity index (χ2n) is 7.56. The number of nitrogens with one attached hydrogen (secondary N) is 1. The highest BCUT2D eigenvalue weighted by Crippen LogP contribution is 2.32. The Labute approximate surface area is 160 Å². The summed E-state index contributed by atoms with van der Waals surface area (Å²) in [6, 6.07) is 6.40. The first-order valence-electron chi connectivity index (χ1n) is 10.0. The van der Waals surface area contributed by atoms with Gasteiger partial charge in [0.1, 0.15) is 5.82 Å². The molecule has 1 aromatic rings. The smallest absolute Gasteiger partial charge is 0.317 e. The van der Waals surface area contributed by atoms with Gasteiger partial charge in [-0.25, -0.2) is 9.18 Å². The topological polar surface area (TPSA) is 58.6 Å². The summed E-state index contributed by atoms with van der Waals surface area (Å²) in [5.41, 5.74) is 0.985. The summed E-state index contributed by atoms with van der Waals surface area (Å²) in [4.78, 5) is 26.3. The van der Waals surface area contributed by atoms with Crippen LogP contribution in [0.3, 0.4) is 0 Å². The zero-order valence-corrected chi connectivity index (χ0v) is 16.0. The van der Waals surface area contributed by atoms with Gasteiger partial charge in [0.15, 0.2) is 0 Å². The fourth-order valence-electron chi connectivity index (χ4n) is 4.24. The van der Waals surface area contributed by atoms with Crippen LogP contribution in [-0.4, -0.2) is 36.6 Å². The maximum atomic E-state index is 13.2. The van der Waals surface area contributed by atoms with Crippen molar-refractivity contribution in [1.82, 2.24) is 10.2 Å². The lowest BCUT2D eigenvalue weighted by atomic mass is 9.82. The molecule has 27 heavy (non-hydrogen) atoms. The Morgan fingerprint density at radius 2 is 1.85 bits per heavy atom. The average molecular weight is 376 g/mol. The fraction of sp³-hybridized carbons (Fsp3) is 0.619. The fourth-order valence-corrected chi connectivity index (χ4v) is 4.24. The third-order valence-electron chi connectivity index (χ3n) is 5.78. The van der Waals surface area contributed by atoms with Gasteiger partial charge >= 0.3 is 12.0 Å². The minimum Gasteiger partial charge on any atom is -0.466 e. The van der Waals surface area contributed by atoms with Gasteiger partial charge < -0.3 is 15.0 Å². The summed E-state index contributed by atoms with van der Waals surface area (Å²) < 4.78 is 18.3. The Morgan fingerprint density at radius 3 is 2.52 bits per heavy atom. The molecule has 1 N–H and O–H groups in total. The predicted molar refractivity (Wildman–Crippen MR) is 101 cm³/mol. The quantitative estimate of drug-likeness (QED) is 0.789. The SMILES string of the molecule is CCOC(=O)C1CCC(CNC(=O)N2CCCC2c2ccc(F)cc2)CC1. The van der Waals surface area contributed by atoms with Crippen molar-refractivity contribution in [2.75, 3.05) is 19.7 Å². The number of benzene rings is 1. The van der Waals surface area contributed by atoms with E-state index in [1.807, 2.05) is 11.8 Å². The van der Waals surface area contributed by atoms with Gasteiger partial charge in [0.25, 0.3) is 0 Å². The molecule has 2 fully saturated rings. The van der Waals surface area contributed by atoms with E-state index in [2.05, 4.69) is 5.32 Å². The summed E-state index contributed by atoms with van der Waals surface area (Å²) in [7, 11) is 0. The molecule has 1 heterocycles. The molecule has 1 aromatic carbocycles. The Balaban J connectivity index is 1.46. The molecule has 1 saturated heterocycles. The number of nitrogens with zero attached hydrogens (tertiary/aromatic N) is 1. The van der Waals surface area contributed by atoms with Gasteiger partial charge in [-0.3, -0.25) is 4.79 Å². The van der Waals surface area contributed by atoms with Gasteiger partial charge in [0, 0.05) is 13.1 Å². The summed E-state index contributed by atoms with van der Waals surface area (Å²) in [5.74, 6) is 0.0789. The van der Waals surface area contributed by atoms with E-state index in [-0.39, 0.29) is 29.8 Å². The largest absolute Gasteiger partial charge is 0.466 e. The number of esters is 1. The van der Waals surface area contributed by atoms with Crippen molar-refractivity contribution in [2.45, 2.75) is 51.5 Å². The standard InChI is InChI=1S/C21H29FN2O3/c1-2-27-20(25)17-7-5-15(6-8-17)14-23-21(26)24-13-3-4-19(24)16-9-11-18(22)12-10-16/h9-12,15,17,19H,2-8,13-14H2,1H3,(H,23,26). The molecule has 0 radical (unpaired) electrons. The Kier molecular flexibility index (Phi) is 6.69. The molecule has 1 unspecified atom stereocenters. The van der Waals surface area contributed by atoms with Crippen molar-refractivity contribution in [1.29, 1.82) is 0 Å². The molecule has 148 valence electrons. The molecule has 1 saturated carbocycles. The molecule has 0 aromatic heterocycles. The lowest BCUT2D eigenvalue weighted by Crippen LogP contribution is -2.42. The van der Waals surface area contributed by atoms with E-state index in [0.29, 0.717) is 19.1 Å². The third-order valence-corrected chi connectivity index (χ3v) is 5.78. The summed E-state index contributed by atoms with van der Waals surface area (Å²) in [5, 5.41) is 3.07. The minimum absolute atomic E-state index is 0.0124. The second-order valence-corrected chi connectivity index (χ2v) is 7.56. The van der Waals surface area contributed by atoms with Crippen molar-refractivity contribution in [3.8, 4) is 0 Å². The van der Waals surface area contributed by atoms with E-state index >= 15 is 0 Å². The molecule has 2 aliphatic rings. The van der Waals surface area contributed by atoms with Crippen molar-refractivity contribution in [3.63, 3.8) is 0 Å². The highest BCUT2D eigenvalue weighted by atomic mass is 19.1. The number of urea groups is 1. The van der Waals surface area contributed by atoms with Crippen LogP contribution in [0.2, 0.25) is 0 Å². The van der Waals surface area contributed by atoms with Gasteiger partial charge in [-0.1, -0.05) is 12.1 Å². The Morgan fingerprint density at radius 1 is 1.15 bits per heavy atom. The van der Waals surface area contributed by atoms with Crippen molar-refractivity contribution in [2.24, 2.45) is 11.8 Å². The molecular weight excluding hydrogens is 347 g/mol. The molecule has 1 aliphatic heterocycles. The molecule has 1 aliphatic carbocycles. The van der Waals surface area contributed by atoms with E-state index in [4.69, 9.17) is 4.74 Å². The number of carbonyl (C=O) groups is 2. The van der Waals surface area contributed by atoms with Crippen LogP contribution in [0.25, 0.3) is 0 Å². The van der Waals surface area contributed by atoms with Crippen LogP contribution in [0.15, 0.2) is 24.3 Å². The Bertz CT molecular complexity index is 641. The number of hydrogen-bond acceptors (Lipinski definition) is 3. The molecule has 0 spiro atoms. The average Bonchev–Trinajstić information content (AvgIpc) is 3.17. The first-order valence-corrected chi connectivity index (χ1v) is 10.0. The first-order chi connectivity index (χ1) is 13.1. The normalized spacial score (nSPS) is 25.3. The lowest BCUT2D eigenvalue weighted by molar-refractivity contribution is -0.149. The van der Waals surface area contributed by atoms with E-state index < -0.39 is 0 Å². The van der Waals surface area contributed by atoms with E-state index in [9.17, 15) is 14.0 Å². The van der Waals surface area contributed by atoms with Crippen LogP contribution >= 0.6 is 0 Å². The highest BCUT2D eigenvalue weighted by molar-refractivity contribution is 5.75. The third kappa shape index (κ3) is 4.99. The summed E-state index contributed by atoms with van der Waals surface area (Å²) in [6.45, 7) is 3.63. The number of ether oxygens (including phenoxy) is 1. The summed E-state index contributed by atoms with van der Waals surface area (Å²) >= 11 is 0. The van der Waals surface area contributed by atoms with Gasteiger partial charge in [-0.15, -0.1) is 0 Å². The van der Waals surface area contributed by atoms with Crippen molar-refractivity contribution >= 4 is 12.0 Å². The molecule has 3 rings (SSSR count). The van der Waals surface area contributed by atoms with Gasteiger partial charge in [0.05, 0.1) is 18.6 Å². The molecular formula is C21H29FN2O3. The highest BCUT2D eigenvalue weighted by Gasteiger charge is 2.31. The van der Waals surface area contributed by atoms with Crippen LogP contribution in [0.4, 0.5) is 9.18 Å². The summed E-state index contributed by atoms with van der Waals surface area (Å²) in [6.07, 6.45) is 5.41. The maximum Gasteiger partial charge on any atom is 0.317 e. The van der Waals surface area contributed by atoms with Crippen LogP contribution < -0.4 is 5.32 Å². The van der Waals surface area contributed by atoms with Crippen LogP contribution in [0.5, 0.6) is 0 Å². The molecule has 5 nitrogen and oxygen atoms in total. The zero-order chi connectivity index (χ0) is 19.2. The van der Waals surface area contributed by atoms with Crippen LogP contribution in [-0.2, 0) is 9.53 Å². The minimum atomic E-state index is -0.258. The van der Waals surface area contributed by atoms with E-state index in [0.717, 1.165) is 50.6 Å². The second kappa shape index (κ2) is 9.20. The lowest BCUT2D eigenvalue weighted by Gasteiger charge is -2.29. The zero-order valence-electron chi connectivity index (χ0n) is 16.0. The van der Waals surface area contributed by atoms with Gasteiger partial charge in [0.2, 0.25) is 0 Å². The van der Waals surface area contributed by atoms with Crippen molar-refractivity contribution < 1.29 is 18.7 Å². The number of rotatable bonds is 5. The molecule has 2 amide bonds. The first kappa shape index (κ1) is 19.6. The number of carbonyl (C=O) groups excluding carboxylic acids is 2. The Hall–Kier alpha value is -2.11. The number of hydrogen-bond donors (Lipinski definition) is 1. The molecule has 6 heteroatoms. The number of amides is 2. The predicted octanol–water partition coefficient (Wildman–Crippen LogP) is 4.04. The van der Waals surface area contributed by atoms with Gasteiger partial charge in [-0.05, 0) is 69.1 Å². The monoisotopic (exact) mass is 376 g/mol. The molecule has 1 atom stereocenters.